The topological polar surface area (TPSA) is 9.23 Å². The number of rotatable bonds is 2. The van der Waals surface area contributed by atoms with Crippen molar-refractivity contribution in [2.24, 2.45) is 5.92 Å². The van der Waals surface area contributed by atoms with Gasteiger partial charge in [-0.2, -0.15) is 0 Å². The second kappa shape index (κ2) is 9.43. The van der Waals surface area contributed by atoms with E-state index in [0.717, 1.165) is 19.1 Å². The molecule has 1 nitrogen and oxygen atoms in total. The van der Waals surface area contributed by atoms with Gasteiger partial charge in [0, 0.05) is 13.2 Å². The van der Waals surface area contributed by atoms with Crippen LogP contribution in [0.2, 0.25) is 4.55 Å². The van der Waals surface area contributed by atoms with Crippen LogP contribution in [0.1, 0.15) is 44.9 Å². The summed E-state index contributed by atoms with van der Waals surface area (Å²) in [5.74, 6) is 1.12. The van der Waals surface area contributed by atoms with Gasteiger partial charge in [0.15, 0.2) is 0 Å². The van der Waals surface area contributed by atoms with Crippen LogP contribution in [0.15, 0.2) is 0 Å². The van der Waals surface area contributed by atoms with E-state index >= 15 is 0 Å². The Morgan fingerprint density at radius 1 is 1.00 bits per heavy atom. The molecule has 2 rings (SSSR count). The molecule has 0 amide bonds. The molecule has 0 aromatic heterocycles. The van der Waals surface area contributed by atoms with E-state index in [2.05, 4.69) is 12.9 Å². The Balaban J connectivity index is 0.000000165. The van der Waals surface area contributed by atoms with Gasteiger partial charge in [-0.15, -0.1) is 4.55 Å². The van der Waals surface area contributed by atoms with Crippen molar-refractivity contribution in [3.05, 3.63) is 0 Å². The van der Waals surface area contributed by atoms with Crippen molar-refractivity contribution in [1.29, 1.82) is 0 Å². The molecule has 3 heteroatoms. The third-order valence-corrected chi connectivity index (χ3v) is 5.48. The molecule has 1 aliphatic heterocycles. The number of hydrogen-bond acceptors (Lipinski definition) is 1. The summed E-state index contributed by atoms with van der Waals surface area (Å²) in [6, 6.07) is 0. The Hall–Kier alpha value is 1.21. The summed E-state index contributed by atoms with van der Waals surface area (Å²) in [7, 11) is 0. The van der Waals surface area contributed by atoms with Crippen LogP contribution in [0.25, 0.3) is 0 Å². The Morgan fingerprint density at radius 2 is 1.64 bits per heavy atom. The van der Waals surface area contributed by atoms with Gasteiger partial charge in [0.1, 0.15) is 0 Å². The van der Waals surface area contributed by atoms with Crippen LogP contribution in [0.5, 0.6) is 0 Å². The average molecular weight is 273 g/mol. The van der Waals surface area contributed by atoms with Crippen LogP contribution in [-0.2, 0) is 4.74 Å². The molecule has 1 heterocycles. The lowest BCUT2D eigenvalue weighted by atomic mass is 9.91. The van der Waals surface area contributed by atoms with E-state index in [9.17, 15) is 0 Å². The molecule has 80 valence electrons. The maximum Gasteiger partial charge on any atom is 0.468 e. The van der Waals surface area contributed by atoms with Gasteiger partial charge in [0.05, 0.1) is 0 Å². The van der Waals surface area contributed by atoms with E-state index in [-0.39, 0.29) is 18.2 Å². The second-order valence-electron chi connectivity index (χ2n) is 4.30. The molecule has 1 saturated carbocycles. The zero-order valence-corrected chi connectivity index (χ0v) is 12.1. The van der Waals surface area contributed by atoms with Gasteiger partial charge >= 0.3 is 18.2 Å². The summed E-state index contributed by atoms with van der Waals surface area (Å²) >= 11 is 3.81. The smallest absolute Gasteiger partial charge is 0.381 e. The fourth-order valence-electron chi connectivity index (χ4n) is 2.14. The molecule has 14 heavy (non-hydrogen) atoms. The van der Waals surface area contributed by atoms with Crippen molar-refractivity contribution in [2.45, 2.75) is 49.5 Å². The third kappa shape index (κ3) is 6.65. The predicted molar refractivity (Wildman–Crippen MR) is 66.1 cm³/mol. The molecule has 0 radical (unpaired) electrons. The zero-order chi connectivity index (χ0) is 10.1. The molecule has 1 aliphatic carbocycles. The Kier molecular flexibility index (Phi) is 8.94. The molecule has 0 bridgehead atoms. The highest BCUT2D eigenvalue weighted by molar-refractivity contribution is 9.23. The van der Waals surface area contributed by atoms with Gasteiger partial charge in [0.25, 0.3) is 0 Å². The predicted octanol–water partition coefficient (Wildman–Crippen LogP) is 3.80. The van der Waals surface area contributed by atoms with Crippen molar-refractivity contribution in [3.8, 4) is 0 Å². The lowest BCUT2D eigenvalue weighted by molar-refractivity contribution is 0.198. The van der Waals surface area contributed by atoms with Crippen molar-refractivity contribution in [1.82, 2.24) is 0 Å². The molecule has 0 aromatic carbocycles. The van der Waals surface area contributed by atoms with Crippen LogP contribution in [0, 0.1) is 5.92 Å². The molecule has 0 N–H and O–H groups in total. The van der Waals surface area contributed by atoms with Crippen molar-refractivity contribution in [2.75, 3.05) is 13.2 Å². The molecule has 2 aliphatic rings. The largest absolute Gasteiger partial charge is 0.468 e. The van der Waals surface area contributed by atoms with E-state index in [4.69, 9.17) is 4.74 Å². The van der Waals surface area contributed by atoms with E-state index in [1.165, 1.54) is 44.9 Å². The molecule has 0 aromatic rings. The van der Waals surface area contributed by atoms with Crippen molar-refractivity contribution in [3.63, 3.8) is 0 Å². The van der Waals surface area contributed by atoms with E-state index in [1.54, 1.807) is 4.55 Å². The molecule has 0 unspecified atom stereocenters. The van der Waals surface area contributed by atoms with Gasteiger partial charge in [-0.25, -0.2) is 0 Å². The van der Waals surface area contributed by atoms with E-state index < -0.39 is 0 Å². The average Bonchev–Trinajstić information content (AvgIpc) is 2.78. The lowest BCUT2D eigenvalue weighted by Gasteiger charge is -2.20. The van der Waals surface area contributed by atoms with Gasteiger partial charge < -0.3 is 17.6 Å². The fourth-order valence-corrected chi connectivity index (χ4v) is 4.97. The first-order valence-electron chi connectivity index (χ1n) is 6.07. The first-order valence-corrected chi connectivity index (χ1v) is 11.0. The Labute approximate surface area is 104 Å². The second-order valence-corrected chi connectivity index (χ2v) is 7.64. The summed E-state index contributed by atoms with van der Waals surface area (Å²) in [6.07, 6.45) is 10.1. The van der Waals surface area contributed by atoms with Crippen molar-refractivity contribution >= 4 is 31.1 Å². The van der Waals surface area contributed by atoms with Crippen LogP contribution < -0.4 is 0 Å². The zero-order valence-electron chi connectivity index (χ0n) is 9.14. The molecule has 0 atom stereocenters. The fraction of sp³-hybridized carbons (Fsp3) is 1.00. The highest BCUT2D eigenvalue weighted by Gasteiger charge is 2.12. The minimum atomic E-state index is 0.182. The molecule has 0 spiro atoms. The molecular weight excluding hydrogens is 252 g/mol. The molecular formula is C11H21BrMgO. The van der Waals surface area contributed by atoms with Gasteiger partial charge in [0.2, 0.25) is 0 Å². The van der Waals surface area contributed by atoms with Gasteiger partial charge in [-0.3, -0.25) is 0 Å². The number of hydrogen-bond donors (Lipinski definition) is 0. The first-order chi connectivity index (χ1) is 6.93. The Morgan fingerprint density at radius 3 is 2.07 bits per heavy atom. The number of halogens is 1. The van der Waals surface area contributed by atoms with Crippen molar-refractivity contribution < 1.29 is 4.74 Å². The maximum absolute atomic E-state index is 4.94. The van der Waals surface area contributed by atoms with Crippen LogP contribution >= 0.6 is 12.9 Å². The van der Waals surface area contributed by atoms with Gasteiger partial charge in [-0.05, 0) is 12.8 Å². The third-order valence-electron chi connectivity index (χ3n) is 3.07. The van der Waals surface area contributed by atoms with Crippen LogP contribution in [0.3, 0.4) is 0 Å². The SMILES string of the molecule is C1CCOC1.[Br][Mg][CH2]C1CCCCC1. The highest BCUT2D eigenvalue weighted by Crippen LogP contribution is 2.26. The minimum absolute atomic E-state index is 0.182. The quantitative estimate of drug-likeness (QED) is 0.696. The highest BCUT2D eigenvalue weighted by atomic mass is 79.9. The van der Waals surface area contributed by atoms with Gasteiger partial charge in [-0.1, -0.05) is 38.0 Å². The molecule has 1 saturated heterocycles. The first kappa shape index (κ1) is 13.3. The summed E-state index contributed by atoms with van der Waals surface area (Å²) in [5, 5.41) is 0. The van der Waals surface area contributed by atoms with E-state index in [1.807, 2.05) is 0 Å². The summed E-state index contributed by atoms with van der Waals surface area (Å²) < 4.78 is 6.49. The summed E-state index contributed by atoms with van der Waals surface area (Å²) in [5.41, 5.74) is 0. The summed E-state index contributed by atoms with van der Waals surface area (Å²) in [4.78, 5) is 0. The minimum Gasteiger partial charge on any atom is -0.381 e. The molecule has 2 fully saturated rings. The maximum atomic E-state index is 4.94. The standard InChI is InChI=1S/C7H13.C4H8O.BrH.Mg/c1-7-5-3-2-4-6-7;1-2-4-5-3-1;;/h7H,1-6H2;1-4H2;1H;/q;;;+1/p-1. The van der Waals surface area contributed by atoms with E-state index in [0.29, 0.717) is 0 Å². The Bertz CT molecular complexity index is 112. The van der Waals surface area contributed by atoms with Crippen LogP contribution in [0.4, 0.5) is 0 Å². The number of ether oxygens (including phenoxy) is 1. The monoisotopic (exact) mass is 272 g/mol. The van der Waals surface area contributed by atoms with Crippen LogP contribution in [-0.4, -0.2) is 31.4 Å². The summed E-state index contributed by atoms with van der Waals surface area (Å²) in [6.45, 7) is 2.00. The normalized spacial score (nSPS) is 22.4. The lowest BCUT2D eigenvalue weighted by Crippen LogP contribution is -2.06.